The maximum atomic E-state index is 6.41. The van der Waals surface area contributed by atoms with Gasteiger partial charge in [-0.15, -0.1) is 0 Å². The number of hydrogen-bond donors (Lipinski definition) is 0. The van der Waals surface area contributed by atoms with Gasteiger partial charge in [-0.05, 0) is 132 Å². The largest absolute Gasteiger partial charge is 0.456 e. The fourth-order valence-electron chi connectivity index (χ4n) is 9.39. The first-order chi connectivity index (χ1) is 30.7. The fraction of sp³-hybridized carbons (Fsp3) is 0. The van der Waals surface area contributed by atoms with Crippen LogP contribution >= 0.6 is 0 Å². The van der Waals surface area contributed by atoms with Crippen LogP contribution in [0.4, 0.5) is 17.1 Å². The summed E-state index contributed by atoms with van der Waals surface area (Å²) in [7, 11) is 0. The van der Waals surface area contributed by atoms with Gasteiger partial charge in [0, 0.05) is 27.7 Å². The Kier molecular flexibility index (Phi) is 8.53. The average Bonchev–Trinajstić information content (AvgIpc) is 3.72. The van der Waals surface area contributed by atoms with Crippen molar-refractivity contribution in [3.63, 3.8) is 0 Å². The van der Waals surface area contributed by atoms with E-state index in [-0.39, 0.29) is 0 Å². The Morgan fingerprint density at radius 2 is 0.839 bits per heavy atom. The molecule has 1 heterocycles. The van der Waals surface area contributed by atoms with E-state index >= 15 is 0 Å². The maximum absolute atomic E-state index is 6.41. The van der Waals surface area contributed by atoms with Crippen LogP contribution in [0.15, 0.2) is 241 Å². The van der Waals surface area contributed by atoms with E-state index in [0.29, 0.717) is 0 Å². The number of nitrogens with zero attached hydrogens (tertiary/aromatic N) is 1. The van der Waals surface area contributed by atoms with E-state index in [0.717, 1.165) is 61.3 Å². The molecule has 12 rings (SSSR count). The van der Waals surface area contributed by atoms with Crippen molar-refractivity contribution in [1.29, 1.82) is 0 Å². The van der Waals surface area contributed by atoms with E-state index in [1.807, 2.05) is 12.1 Å². The first kappa shape index (κ1) is 35.7. The third kappa shape index (κ3) is 6.20. The number of para-hydroxylation sites is 2. The molecule has 11 aromatic carbocycles. The summed E-state index contributed by atoms with van der Waals surface area (Å²) in [6.07, 6.45) is 0. The zero-order valence-electron chi connectivity index (χ0n) is 33.9. The Labute approximate surface area is 360 Å². The van der Waals surface area contributed by atoms with Gasteiger partial charge in [0.05, 0.1) is 5.69 Å². The molecule has 0 bridgehead atoms. The summed E-state index contributed by atoms with van der Waals surface area (Å²) in [5.74, 6) is 0. The molecular formula is C60H39NO. The summed E-state index contributed by atoms with van der Waals surface area (Å²) < 4.78 is 6.41. The summed E-state index contributed by atoms with van der Waals surface area (Å²) in [4.78, 5) is 2.40. The molecule has 2 heteroatoms. The molecule has 0 saturated heterocycles. The van der Waals surface area contributed by atoms with Gasteiger partial charge in [0.15, 0.2) is 0 Å². The number of anilines is 3. The quantitative estimate of drug-likeness (QED) is 0.150. The predicted molar refractivity (Wildman–Crippen MR) is 263 cm³/mol. The van der Waals surface area contributed by atoms with Gasteiger partial charge >= 0.3 is 0 Å². The Morgan fingerprint density at radius 1 is 0.258 bits per heavy atom. The van der Waals surface area contributed by atoms with Crippen LogP contribution in [0, 0.1) is 0 Å². The lowest BCUT2D eigenvalue weighted by atomic mass is 9.94. The highest BCUT2D eigenvalue weighted by Gasteiger charge is 2.20. The van der Waals surface area contributed by atoms with Crippen molar-refractivity contribution in [2.45, 2.75) is 0 Å². The van der Waals surface area contributed by atoms with Crippen molar-refractivity contribution in [3.8, 4) is 44.5 Å². The number of rotatable bonds is 7. The molecule has 0 spiro atoms. The van der Waals surface area contributed by atoms with Crippen molar-refractivity contribution in [3.05, 3.63) is 237 Å². The van der Waals surface area contributed by atoms with Crippen molar-refractivity contribution < 1.29 is 4.42 Å². The molecule has 290 valence electrons. The van der Waals surface area contributed by atoms with Gasteiger partial charge in [0.1, 0.15) is 11.2 Å². The topological polar surface area (TPSA) is 16.4 Å². The van der Waals surface area contributed by atoms with Crippen LogP contribution in [0.25, 0.3) is 98.8 Å². The van der Waals surface area contributed by atoms with Crippen molar-refractivity contribution in [2.24, 2.45) is 0 Å². The molecule has 0 fully saturated rings. The molecule has 1 aromatic heterocycles. The highest BCUT2D eigenvalue weighted by atomic mass is 16.3. The van der Waals surface area contributed by atoms with Crippen molar-refractivity contribution in [2.75, 3.05) is 4.90 Å². The van der Waals surface area contributed by atoms with Crippen molar-refractivity contribution in [1.82, 2.24) is 0 Å². The lowest BCUT2D eigenvalue weighted by Crippen LogP contribution is -2.11. The highest BCUT2D eigenvalue weighted by molar-refractivity contribution is 6.12. The van der Waals surface area contributed by atoms with Crippen LogP contribution in [0.2, 0.25) is 0 Å². The van der Waals surface area contributed by atoms with Gasteiger partial charge in [-0.1, -0.05) is 176 Å². The minimum Gasteiger partial charge on any atom is -0.456 e. The molecule has 12 aromatic rings. The zero-order chi connectivity index (χ0) is 41.0. The lowest BCUT2D eigenvalue weighted by molar-refractivity contribution is 0.669. The average molecular weight is 790 g/mol. The van der Waals surface area contributed by atoms with Crippen LogP contribution < -0.4 is 4.90 Å². The Morgan fingerprint density at radius 3 is 1.74 bits per heavy atom. The third-order valence-corrected chi connectivity index (χ3v) is 12.4. The van der Waals surface area contributed by atoms with E-state index in [4.69, 9.17) is 4.42 Å². The SMILES string of the molecule is c1cc(-c2ccc(N(c3cccc(-c4cccc5c4ccc4ccccc45)c3)c3ccccc3-c3ccc4c(c3)oc3ccccc34)cc2)cc(-c2ccc3ccccc3c2)c1. The van der Waals surface area contributed by atoms with Gasteiger partial charge in [-0.2, -0.15) is 0 Å². The smallest absolute Gasteiger partial charge is 0.136 e. The van der Waals surface area contributed by atoms with E-state index in [2.05, 4.69) is 229 Å². The summed E-state index contributed by atoms with van der Waals surface area (Å²) in [6.45, 7) is 0. The predicted octanol–water partition coefficient (Wildman–Crippen LogP) is 17.2. The molecule has 0 amide bonds. The summed E-state index contributed by atoms with van der Waals surface area (Å²) in [5, 5.41) is 9.76. The van der Waals surface area contributed by atoms with Crippen molar-refractivity contribution >= 4 is 71.3 Å². The van der Waals surface area contributed by atoms with Crippen LogP contribution in [-0.4, -0.2) is 0 Å². The molecule has 0 radical (unpaired) electrons. The normalized spacial score (nSPS) is 11.5. The Hall–Kier alpha value is -8.20. The summed E-state index contributed by atoms with van der Waals surface area (Å²) in [5.41, 5.74) is 14.3. The zero-order valence-corrected chi connectivity index (χ0v) is 33.9. The highest BCUT2D eigenvalue weighted by Crippen LogP contribution is 2.44. The van der Waals surface area contributed by atoms with E-state index in [1.54, 1.807) is 0 Å². The minimum atomic E-state index is 0.880. The number of hydrogen-bond acceptors (Lipinski definition) is 2. The van der Waals surface area contributed by atoms with Crippen LogP contribution in [-0.2, 0) is 0 Å². The molecule has 0 aliphatic rings. The second-order valence-corrected chi connectivity index (χ2v) is 16.1. The van der Waals surface area contributed by atoms with Gasteiger partial charge in [-0.25, -0.2) is 0 Å². The van der Waals surface area contributed by atoms with Crippen LogP contribution in [0.1, 0.15) is 0 Å². The lowest BCUT2D eigenvalue weighted by Gasteiger charge is -2.28. The number of benzene rings is 11. The van der Waals surface area contributed by atoms with Gasteiger partial charge < -0.3 is 9.32 Å². The summed E-state index contributed by atoms with van der Waals surface area (Å²) in [6, 6.07) is 85.6. The van der Waals surface area contributed by atoms with Gasteiger partial charge in [0.25, 0.3) is 0 Å². The second-order valence-electron chi connectivity index (χ2n) is 16.1. The number of furan rings is 1. The van der Waals surface area contributed by atoms with Gasteiger partial charge in [-0.3, -0.25) is 0 Å². The molecule has 0 N–H and O–H groups in total. The molecule has 0 unspecified atom stereocenters. The molecule has 0 aliphatic carbocycles. The monoisotopic (exact) mass is 789 g/mol. The summed E-state index contributed by atoms with van der Waals surface area (Å²) >= 11 is 0. The minimum absolute atomic E-state index is 0.880. The first-order valence-electron chi connectivity index (χ1n) is 21.2. The Balaban J connectivity index is 0.989. The van der Waals surface area contributed by atoms with E-state index in [9.17, 15) is 0 Å². The number of fused-ring (bicyclic) bond motifs is 7. The molecule has 2 nitrogen and oxygen atoms in total. The van der Waals surface area contributed by atoms with Gasteiger partial charge in [0.2, 0.25) is 0 Å². The fourth-order valence-corrected chi connectivity index (χ4v) is 9.39. The Bertz CT molecular complexity index is 3650. The molecule has 0 aliphatic heterocycles. The molecule has 62 heavy (non-hydrogen) atoms. The van der Waals surface area contributed by atoms with Crippen LogP contribution in [0.3, 0.4) is 0 Å². The standard InChI is InChI=1S/C60H39NO/c1-2-14-43-37-46(27-26-40(43)12-1)45-16-9-15-44(36-45)41-28-32-49(33-29-41)61(58-24-7-5-20-53(58)48-31-35-57-56-21-6-8-25-59(56)62-60(57)39-48)50-18-10-17-47(38-50)52-22-11-23-54-51-19-4-3-13-42(51)30-34-55(52)54/h1-39H. The maximum Gasteiger partial charge on any atom is 0.136 e. The molecular weight excluding hydrogens is 751 g/mol. The van der Waals surface area contributed by atoms with Crippen LogP contribution in [0.5, 0.6) is 0 Å². The molecule has 0 saturated carbocycles. The second kappa shape index (κ2) is 14.8. The van der Waals surface area contributed by atoms with E-state index in [1.165, 1.54) is 54.6 Å². The molecule has 0 atom stereocenters. The van der Waals surface area contributed by atoms with E-state index < -0.39 is 0 Å². The third-order valence-electron chi connectivity index (χ3n) is 12.4. The first-order valence-corrected chi connectivity index (χ1v) is 21.2.